The van der Waals surface area contributed by atoms with Gasteiger partial charge in [0.1, 0.15) is 12.4 Å². The molecule has 0 saturated carbocycles. The lowest BCUT2D eigenvalue weighted by Gasteiger charge is -2.29. The first-order valence-corrected chi connectivity index (χ1v) is 10.7. The quantitative estimate of drug-likeness (QED) is 0.555. The van der Waals surface area contributed by atoms with Crippen LogP contribution in [0.4, 0.5) is 0 Å². The highest BCUT2D eigenvalue weighted by Gasteiger charge is 2.26. The lowest BCUT2D eigenvalue weighted by Crippen LogP contribution is -2.23. The standard InChI is InChI=1S/C26H27NO5/c1-3-30-25(28)14-20-8-5-9-23-26(20)32-24(16-31-23)19-10-11-22(29-2)21(13-19)18-7-4-6-17(12-18)15-27/h4-13,24H,3,14-16,27H2,1-2H3. The van der Waals surface area contributed by atoms with Crippen molar-refractivity contribution in [2.24, 2.45) is 5.73 Å². The summed E-state index contributed by atoms with van der Waals surface area (Å²) < 4.78 is 23.0. The van der Waals surface area contributed by atoms with Gasteiger partial charge in [-0.15, -0.1) is 0 Å². The second-order valence-electron chi connectivity index (χ2n) is 7.51. The highest BCUT2D eigenvalue weighted by Crippen LogP contribution is 2.41. The molecule has 0 aliphatic carbocycles. The second kappa shape index (κ2) is 9.75. The van der Waals surface area contributed by atoms with Crippen molar-refractivity contribution in [2.45, 2.75) is 26.0 Å². The van der Waals surface area contributed by atoms with Crippen LogP contribution in [0.1, 0.15) is 29.7 Å². The molecule has 166 valence electrons. The maximum Gasteiger partial charge on any atom is 0.310 e. The third kappa shape index (κ3) is 4.55. The predicted molar refractivity (Wildman–Crippen MR) is 122 cm³/mol. The van der Waals surface area contributed by atoms with Crippen LogP contribution in [0.15, 0.2) is 60.7 Å². The van der Waals surface area contributed by atoms with Crippen LogP contribution in [0.5, 0.6) is 17.2 Å². The van der Waals surface area contributed by atoms with Crippen molar-refractivity contribution in [3.8, 4) is 28.4 Å². The van der Waals surface area contributed by atoms with Gasteiger partial charge in [0, 0.05) is 17.7 Å². The zero-order valence-electron chi connectivity index (χ0n) is 18.3. The minimum Gasteiger partial charge on any atom is -0.496 e. The van der Waals surface area contributed by atoms with Crippen LogP contribution >= 0.6 is 0 Å². The van der Waals surface area contributed by atoms with Gasteiger partial charge in [0.05, 0.1) is 20.1 Å². The first-order valence-electron chi connectivity index (χ1n) is 10.7. The van der Waals surface area contributed by atoms with Crippen molar-refractivity contribution in [2.75, 3.05) is 20.3 Å². The minimum absolute atomic E-state index is 0.132. The number of fused-ring (bicyclic) bond motifs is 1. The first-order chi connectivity index (χ1) is 15.6. The summed E-state index contributed by atoms with van der Waals surface area (Å²) in [5.41, 5.74) is 10.5. The molecule has 3 aromatic rings. The van der Waals surface area contributed by atoms with Crippen LogP contribution in [-0.2, 0) is 22.5 Å². The predicted octanol–water partition coefficient (Wildman–Crippen LogP) is 4.44. The van der Waals surface area contributed by atoms with E-state index >= 15 is 0 Å². The van der Waals surface area contributed by atoms with E-state index in [0.717, 1.165) is 33.6 Å². The Morgan fingerprint density at radius 3 is 2.75 bits per heavy atom. The Morgan fingerprint density at radius 2 is 1.97 bits per heavy atom. The smallest absolute Gasteiger partial charge is 0.310 e. The molecule has 0 fully saturated rings. The molecule has 1 heterocycles. The summed E-state index contributed by atoms with van der Waals surface area (Å²) in [4.78, 5) is 12.0. The summed E-state index contributed by atoms with van der Waals surface area (Å²) in [6.45, 7) is 2.96. The van der Waals surface area contributed by atoms with E-state index < -0.39 is 0 Å². The molecule has 3 aromatic carbocycles. The van der Waals surface area contributed by atoms with Gasteiger partial charge in [-0.25, -0.2) is 0 Å². The maximum atomic E-state index is 12.0. The van der Waals surface area contributed by atoms with Crippen LogP contribution in [0.2, 0.25) is 0 Å². The molecular weight excluding hydrogens is 406 g/mol. The number of carbonyl (C=O) groups excluding carboxylic acids is 1. The molecule has 0 aromatic heterocycles. The highest BCUT2D eigenvalue weighted by molar-refractivity contribution is 5.74. The van der Waals surface area contributed by atoms with Crippen molar-refractivity contribution >= 4 is 5.97 Å². The Hall–Kier alpha value is -3.51. The number of hydrogen-bond donors (Lipinski definition) is 1. The summed E-state index contributed by atoms with van der Waals surface area (Å²) in [6, 6.07) is 19.6. The number of methoxy groups -OCH3 is 1. The Balaban J connectivity index is 1.65. The lowest BCUT2D eigenvalue weighted by atomic mass is 9.97. The van der Waals surface area contributed by atoms with Crippen LogP contribution in [0, 0.1) is 0 Å². The fourth-order valence-electron chi connectivity index (χ4n) is 3.84. The SMILES string of the molecule is CCOC(=O)Cc1cccc2c1OC(c1ccc(OC)c(-c3cccc(CN)c3)c1)CO2. The molecule has 0 radical (unpaired) electrons. The molecule has 6 nitrogen and oxygen atoms in total. The molecule has 1 aliphatic rings. The van der Waals surface area contributed by atoms with E-state index in [-0.39, 0.29) is 18.5 Å². The fraction of sp³-hybridized carbons (Fsp3) is 0.269. The summed E-state index contributed by atoms with van der Waals surface area (Å²) in [5.74, 6) is 1.69. The average Bonchev–Trinajstić information content (AvgIpc) is 2.83. The van der Waals surface area contributed by atoms with Gasteiger partial charge in [0.15, 0.2) is 17.6 Å². The van der Waals surface area contributed by atoms with Gasteiger partial charge in [0.25, 0.3) is 0 Å². The van der Waals surface area contributed by atoms with Gasteiger partial charge in [-0.1, -0.05) is 36.4 Å². The Kier molecular flexibility index (Phi) is 6.61. The lowest BCUT2D eigenvalue weighted by molar-refractivity contribution is -0.142. The minimum atomic E-state index is -0.326. The molecular formula is C26H27NO5. The molecule has 1 aliphatic heterocycles. The van der Waals surface area contributed by atoms with Crippen molar-refractivity contribution in [1.29, 1.82) is 0 Å². The number of para-hydroxylation sites is 1. The normalized spacial score (nSPS) is 14.7. The van der Waals surface area contributed by atoms with E-state index in [9.17, 15) is 4.79 Å². The van der Waals surface area contributed by atoms with E-state index in [1.165, 1.54) is 0 Å². The Bertz CT molecular complexity index is 1110. The van der Waals surface area contributed by atoms with E-state index in [4.69, 9.17) is 24.7 Å². The van der Waals surface area contributed by atoms with Gasteiger partial charge in [-0.05, 0) is 47.9 Å². The molecule has 0 saturated heterocycles. The number of carbonyl (C=O) groups is 1. The largest absolute Gasteiger partial charge is 0.496 e. The number of nitrogens with two attached hydrogens (primary N) is 1. The van der Waals surface area contributed by atoms with Gasteiger partial charge < -0.3 is 24.7 Å². The van der Waals surface area contributed by atoms with Gasteiger partial charge >= 0.3 is 5.97 Å². The number of esters is 1. The number of rotatable bonds is 7. The van der Waals surface area contributed by atoms with Crippen molar-refractivity contribution in [3.63, 3.8) is 0 Å². The Morgan fingerprint density at radius 1 is 1.12 bits per heavy atom. The van der Waals surface area contributed by atoms with Gasteiger partial charge in [0.2, 0.25) is 0 Å². The highest BCUT2D eigenvalue weighted by atomic mass is 16.6. The third-order valence-electron chi connectivity index (χ3n) is 5.42. The molecule has 4 rings (SSSR count). The molecule has 0 bridgehead atoms. The molecule has 6 heteroatoms. The zero-order valence-corrected chi connectivity index (χ0v) is 18.3. The van der Waals surface area contributed by atoms with Crippen molar-refractivity contribution in [1.82, 2.24) is 0 Å². The van der Waals surface area contributed by atoms with Crippen LogP contribution in [-0.4, -0.2) is 26.3 Å². The maximum absolute atomic E-state index is 12.0. The first kappa shape index (κ1) is 21.7. The number of hydrogen-bond acceptors (Lipinski definition) is 6. The van der Waals surface area contributed by atoms with E-state index in [1.54, 1.807) is 14.0 Å². The van der Waals surface area contributed by atoms with Crippen LogP contribution in [0.25, 0.3) is 11.1 Å². The summed E-state index contributed by atoms with van der Waals surface area (Å²) in [6.07, 6.45) is -0.194. The van der Waals surface area contributed by atoms with Gasteiger partial charge in [-0.3, -0.25) is 4.79 Å². The molecule has 2 N–H and O–H groups in total. The van der Waals surface area contributed by atoms with Crippen molar-refractivity contribution < 1.29 is 23.7 Å². The monoisotopic (exact) mass is 433 g/mol. The second-order valence-corrected chi connectivity index (χ2v) is 7.51. The molecule has 32 heavy (non-hydrogen) atoms. The topological polar surface area (TPSA) is 80.0 Å². The zero-order chi connectivity index (χ0) is 22.5. The van der Waals surface area contributed by atoms with E-state index in [2.05, 4.69) is 12.1 Å². The van der Waals surface area contributed by atoms with E-state index in [1.807, 2.05) is 48.5 Å². The third-order valence-corrected chi connectivity index (χ3v) is 5.42. The van der Waals surface area contributed by atoms with E-state index in [0.29, 0.717) is 31.3 Å². The fourth-order valence-corrected chi connectivity index (χ4v) is 3.84. The van der Waals surface area contributed by atoms with Crippen molar-refractivity contribution in [3.05, 3.63) is 77.4 Å². The van der Waals surface area contributed by atoms with Crippen LogP contribution < -0.4 is 19.9 Å². The van der Waals surface area contributed by atoms with Crippen LogP contribution in [0.3, 0.4) is 0 Å². The number of ether oxygens (including phenoxy) is 4. The number of benzene rings is 3. The Labute approximate surface area is 187 Å². The molecule has 0 spiro atoms. The molecule has 1 atom stereocenters. The molecule has 1 unspecified atom stereocenters. The van der Waals surface area contributed by atoms with Gasteiger partial charge in [-0.2, -0.15) is 0 Å². The molecule has 0 amide bonds. The average molecular weight is 434 g/mol. The summed E-state index contributed by atoms with van der Waals surface area (Å²) in [7, 11) is 1.66. The summed E-state index contributed by atoms with van der Waals surface area (Å²) >= 11 is 0. The summed E-state index contributed by atoms with van der Waals surface area (Å²) in [5, 5.41) is 0.